The Hall–Kier alpha value is -2.45. The van der Waals surface area contributed by atoms with Crippen LogP contribution in [0, 0.1) is 28.3 Å². The maximum Gasteiger partial charge on any atom is 0.165 e. The smallest absolute Gasteiger partial charge is 0.165 e. The van der Waals surface area contributed by atoms with Crippen LogP contribution in [0.4, 0.5) is 0 Å². The molecule has 5 atom stereocenters. The van der Waals surface area contributed by atoms with Gasteiger partial charge < -0.3 is 29.7 Å². The summed E-state index contributed by atoms with van der Waals surface area (Å²) in [5.41, 5.74) is 2.63. The maximum absolute atomic E-state index is 13.5. The van der Waals surface area contributed by atoms with Gasteiger partial charge in [-0.3, -0.25) is 4.79 Å². The van der Waals surface area contributed by atoms with Crippen LogP contribution in [0.5, 0.6) is 0 Å². The molecule has 1 saturated heterocycles. The summed E-state index contributed by atoms with van der Waals surface area (Å²) in [6.07, 6.45) is -6.57. The van der Waals surface area contributed by atoms with E-state index in [2.05, 4.69) is 6.07 Å². The summed E-state index contributed by atoms with van der Waals surface area (Å²) in [4.78, 5) is 13.5. The number of aryl methyl sites for hydroxylation is 1. The average molecular weight is 485 g/mol. The minimum absolute atomic E-state index is 0.0478. The van der Waals surface area contributed by atoms with Crippen LogP contribution >= 0.6 is 12.2 Å². The molecule has 8 nitrogen and oxygen atoms in total. The van der Waals surface area contributed by atoms with Gasteiger partial charge in [-0.05, 0) is 24.3 Å². The number of rotatable bonds is 3. The quantitative estimate of drug-likeness (QED) is 0.487. The van der Waals surface area contributed by atoms with Gasteiger partial charge in [0, 0.05) is 23.2 Å². The van der Waals surface area contributed by atoms with Crippen molar-refractivity contribution in [1.82, 2.24) is 4.57 Å². The van der Waals surface area contributed by atoms with Crippen molar-refractivity contribution in [1.29, 1.82) is 5.26 Å². The molecule has 4 N–H and O–H groups in total. The highest BCUT2D eigenvalue weighted by Gasteiger charge is 2.46. The number of fused-ring (bicyclic) bond motifs is 1. The van der Waals surface area contributed by atoms with E-state index in [1.165, 1.54) is 4.57 Å². The number of hydrogen-bond donors (Lipinski definition) is 4. The molecule has 0 saturated carbocycles. The van der Waals surface area contributed by atoms with Crippen molar-refractivity contribution >= 4 is 18.0 Å². The van der Waals surface area contributed by atoms with Gasteiger partial charge in [-0.2, -0.15) is 5.26 Å². The minimum atomic E-state index is -1.62. The van der Waals surface area contributed by atoms with Crippen molar-refractivity contribution in [2.45, 2.75) is 64.3 Å². The predicted octanol–water partition coefficient (Wildman–Crippen LogP) is 2.19. The molecule has 1 aliphatic carbocycles. The van der Waals surface area contributed by atoms with Crippen LogP contribution in [0.1, 0.15) is 53.7 Å². The number of aromatic nitrogens is 1. The van der Waals surface area contributed by atoms with Crippen molar-refractivity contribution in [3.8, 4) is 17.2 Å². The number of ketones is 1. The Labute approximate surface area is 202 Å². The zero-order valence-electron chi connectivity index (χ0n) is 19.2. The number of ether oxygens (including phenoxy) is 1. The van der Waals surface area contributed by atoms with Crippen LogP contribution in [0.15, 0.2) is 24.3 Å². The van der Waals surface area contributed by atoms with Crippen molar-refractivity contribution in [3.05, 3.63) is 51.3 Å². The van der Waals surface area contributed by atoms with E-state index in [9.17, 15) is 30.5 Å². The topological polar surface area (TPSA) is 136 Å². The number of Topliss-reactive ketones (excluding diaryl/α,β-unsaturated/α-hetero) is 1. The lowest BCUT2D eigenvalue weighted by Gasteiger charge is -2.43. The van der Waals surface area contributed by atoms with E-state index < -0.39 is 42.7 Å². The molecule has 4 rings (SSSR count). The molecule has 2 aromatic rings. The summed E-state index contributed by atoms with van der Waals surface area (Å²) < 4.78 is 7.26. The normalized spacial score (nSPS) is 28.3. The lowest BCUT2D eigenvalue weighted by Crippen LogP contribution is -2.57. The number of carbonyl (C=O) groups excluding carboxylic acids is 1. The molecule has 1 aliphatic heterocycles. The molecule has 0 spiro atoms. The molecule has 0 bridgehead atoms. The van der Waals surface area contributed by atoms with Crippen molar-refractivity contribution in [2.75, 3.05) is 6.61 Å². The fourth-order valence-electron chi connectivity index (χ4n) is 4.93. The van der Waals surface area contributed by atoms with Gasteiger partial charge in [0.2, 0.25) is 0 Å². The Bertz CT molecular complexity index is 1230. The second-order valence-corrected chi connectivity index (χ2v) is 10.3. The molecule has 1 fully saturated rings. The predicted molar refractivity (Wildman–Crippen MR) is 126 cm³/mol. The molecule has 0 radical (unpaired) electrons. The molecule has 0 amide bonds. The largest absolute Gasteiger partial charge is 0.394 e. The Morgan fingerprint density at radius 2 is 1.76 bits per heavy atom. The number of aliphatic hydroxyl groups excluding tert-OH is 4. The Kier molecular flexibility index (Phi) is 6.50. The molecular formula is C25H28N2O6S. The molecule has 2 aliphatic rings. The maximum atomic E-state index is 13.5. The van der Waals surface area contributed by atoms with Crippen LogP contribution in [-0.4, -0.2) is 61.8 Å². The lowest BCUT2D eigenvalue weighted by atomic mass is 9.73. The van der Waals surface area contributed by atoms with E-state index in [0.29, 0.717) is 28.8 Å². The zero-order chi connectivity index (χ0) is 24.9. The third-order valence-electron chi connectivity index (χ3n) is 6.65. The monoisotopic (exact) mass is 484 g/mol. The SMILES string of the molecule is Cc1ccc(-c2c3c(n([C@H]4O[C@@H](CO)[C@@H](O)[C@@H](O)[C@@H]4O)c(=S)c2C#N)CC(C)(C)CC3=O)cc1. The fraction of sp³-hybridized carbons (Fsp3) is 0.480. The van der Waals surface area contributed by atoms with Gasteiger partial charge >= 0.3 is 0 Å². The number of aliphatic hydroxyl groups is 4. The number of nitrogens with zero attached hydrogens (tertiary/aromatic N) is 2. The van der Waals surface area contributed by atoms with Gasteiger partial charge in [-0.1, -0.05) is 55.9 Å². The molecular weight excluding hydrogens is 456 g/mol. The highest BCUT2D eigenvalue weighted by molar-refractivity contribution is 7.71. The third kappa shape index (κ3) is 4.01. The second kappa shape index (κ2) is 8.96. The summed E-state index contributed by atoms with van der Waals surface area (Å²) in [7, 11) is 0. The highest BCUT2D eigenvalue weighted by atomic mass is 32.1. The van der Waals surface area contributed by atoms with Crippen LogP contribution in [-0.2, 0) is 11.2 Å². The molecule has 9 heteroatoms. The molecule has 1 aromatic heterocycles. The Morgan fingerprint density at radius 1 is 1.12 bits per heavy atom. The zero-order valence-corrected chi connectivity index (χ0v) is 20.0. The summed E-state index contributed by atoms with van der Waals surface area (Å²) in [6.45, 7) is 5.22. The summed E-state index contributed by atoms with van der Waals surface area (Å²) in [5, 5.41) is 51.2. The van der Waals surface area contributed by atoms with E-state index in [0.717, 1.165) is 5.56 Å². The summed E-state index contributed by atoms with van der Waals surface area (Å²) in [5.74, 6) is -0.160. The molecule has 34 heavy (non-hydrogen) atoms. The first kappa shape index (κ1) is 24.7. The Balaban J connectivity index is 2.06. The lowest BCUT2D eigenvalue weighted by molar-refractivity contribution is -0.252. The minimum Gasteiger partial charge on any atom is -0.394 e. The van der Waals surface area contributed by atoms with E-state index in [1.807, 2.05) is 45.0 Å². The van der Waals surface area contributed by atoms with Crippen molar-refractivity contribution in [2.24, 2.45) is 5.41 Å². The van der Waals surface area contributed by atoms with Gasteiger partial charge in [0.1, 0.15) is 35.1 Å². The van der Waals surface area contributed by atoms with E-state index in [-0.39, 0.29) is 22.4 Å². The number of pyridine rings is 1. The van der Waals surface area contributed by atoms with Gasteiger partial charge in [-0.25, -0.2) is 0 Å². The second-order valence-electron chi connectivity index (χ2n) is 9.89. The standard InChI is InChI=1S/C25H28N2O6S/c1-12-4-6-13(7-5-12)18-14(10-26)24(34)27(15-8-25(2,3)9-16(29)19(15)18)23-22(32)21(31)20(30)17(11-28)33-23/h4-7,17,20-23,28,30-32H,8-9,11H2,1-3H3/t17-,20+,21+,22-,23-/m0/s1. The fourth-order valence-corrected chi connectivity index (χ4v) is 5.29. The molecule has 180 valence electrons. The van der Waals surface area contributed by atoms with E-state index >= 15 is 0 Å². The van der Waals surface area contributed by atoms with Crippen LogP contribution in [0.25, 0.3) is 11.1 Å². The van der Waals surface area contributed by atoms with Gasteiger partial charge in [0.05, 0.1) is 12.2 Å². The van der Waals surface area contributed by atoms with Gasteiger partial charge in [0.25, 0.3) is 0 Å². The number of benzene rings is 1. The first-order valence-electron chi connectivity index (χ1n) is 11.1. The first-order chi connectivity index (χ1) is 16.0. The van der Waals surface area contributed by atoms with Gasteiger partial charge in [-0.15, -0.1) is 0 Å². The van der Waals surface area contributed by atoms with Crippen LogP contribution < -0.4 is 0 Å². The van der Waals surface area contributed by atoms with Crippen molar-refractivity contribution in [3.63, 3.8) is 0 Å². The van der Waals surface area contributed by atoms with E-state index in [4.69, 9.17) is 17.0 Å². The molecule has 1 aromatic carbocycles. The van der Waals surface area contributed by atoms with Crippen LogP contribution in [0.2, 0.25) is 0 Å². The van der Waals surface area contributed by atoms with E-state index in [1.54, 1.807) is 0 Å². The van der Waals surface area contributed by atoms with Crippen LogP contribution in [0.3, 0.4) is 0 Å². The third-order valence-corrected chi connectivity index (χ3v) is 7.05. The highest BCUT2D eigenvalue weighted by Crippen LogP contribution is 2.43. The number of nitriles is 1. The summed E-state index contributed by atoms with van der Waals surface area (Å²) >= 11 is 5.71. The molecule has 2 heterocycles. The summed E-state index contributed by atoms with van der Waals surface area (Å²) in [6, 6.07) is 9.59. The average Bonchev–Trinajstić information content (AvgIpc) is 2.77. The Morgan fingerprint density at radius 3 is 2.35 bits per heavy atom. The van der Waals surface area contributed by atoms with Gasteiger partial charge in [0.15, 0.2) is 12.0 Å². The molecule has 0 unspecified atom stereocenters. The van der Waals surface area contributed by atoms with Crippen molar-refractivity contribution < 1.29 is 30.0 Å². The first-order valence-corrected chi connectivity index (χ1v) is 11.5. The number of carbonyl (C=O) groups is 1. The number of hydrogen-bond acceptors (Lipinski definition) is 8.